The summed E-state index contributed by atoms with van der Waals surface area (Å²) in [7, 11) is 0. The second kappa shape index (κ2) is 7.68. The smallest absolute Gasteiger partial charge is 0.193 e. The molecule has 0 amide bonds. The molecule has 2 aromatic rings. The minimum Gasteiger partial charge on any atom is -0.347 e. The molecule has 0 N–H and O–H groups in total. The van der Waals surface area contributed by atoms with Crippen LogP contribution in [0.3, 0.4) is 0 Å². The summed E-state index contributed by atoms with van der Waals surface area (Å²) in [6, 6.07) is 11.4. The van der Waals surface area contributed by atoms with Gasteiger partial charge in [-0.05, 0) is 23.8 Å². The number of nitrogens with zero attached hydrogens (tertiary/aromatic N) is 1. The van der Waals surface area contributed by atoms with Gasteiger partial charge >= 0.3 is 0 Å². The van der Waals surface area contributed by atoms with Gasteiger partial charge in [-0.25, -0.2) is 4.39 Å². The van der Waals surface area contributed by atoms with Gasteiger partial charge in [-0.15, -0.1) is 0 Å². The summed E-state index contributed by atoms with van der Waals surface area (Å²) in [5.41, 5.74) is 1.76. The van der Waals surface area contributed by atoms with Crippen molar-refractivity contribution in [3.63, 3.8) is 0 Å². The Balaban J connectivity index is 1.50. The molecule has 0 atom stereocenters. The highest BCUT2D eigenvalue weighted by Gasteiger charge is 2.39. The van der Waals surface area contributed by atoms with Crippen LogP contribution in [0.2, 0.25) is 5.02 Å². The highest BCUT2D eigenvalue weighted by molar-refractivity contribution is 6.31. The minimum absolute atomic E-state index is 0.216. The second-order valence-corrected chi connectivity index (χ2v) is 7.46. The molecule has 2 fully saturated rings. The Bertz CT molecular complexity index is 821. The quantitative estimate of drug-likeness (QED) is 0.739. The highest BCUT2D eigenvalue weighted by atomic mass is 35.5. The van der Waals surface area contributed by atoms with Gasteiger partial charge in [0.05, 0.1) is 13.2 Å². The molecule has 0 bridgehead atoms. The number of rotatable bonds is 4. The summed E-state index contributed by atoms with van der Waals surface area (Å²) in [4.78, 5) is 15.2. The first-order valence-electron chi connectivity index (χ1n) is 9.14. The molecule has 0 radical (unpaired) electrons. The van der Waals surface area contributed by atoms with Crippen molar-refractivity contribution in [2.75, 3.05) is 26.3 Å². The Labute approximate surface area is 162 Å². The maximum atomic E-state index is 13.7. The molecule has 2 saturated heterocycles. The van der Waals surface area contributed by atoms with Crippen LogP contribution >= 0.6 is 11.6 Å². The molecule has 2 aliphatic rings. The van der Waals surface area contributed by atoms with E-state index in [9.17, 15) is 9.18 Å². The molecule has 0 aliphatic carbocycles. The lowest BCUT2D eigenvalue weighted by atomic mass is 9.96. The first-order valence-corrected chi connectivity index (χ1v) is 9.51. The van der Waals surface area contributed by atoms with Crippen molar-refractivity contribution in [2.45, 2.75) is 25.2 Å². The lowest BCUT2D eigenvalue weighted by Gasteiger charge is -2.37. The molecule has 0 unspecified atom stereocenters. The average molecular weight is 390 g/mol. The van der Waals surface area contributed by atoms with Gasteiger partial charge in [0.15, 0.2) is 11.6 Å². The van der Waals surface area contributed by atoms with E-state index in [4.69, 9.17) is 21.1 Å². The van der Waals surface area contributed by atoms with Crippen molar-refractivity contribution < 1.29 is 18.7 Å². The Morgan fingerprint density at radius 2 is 1.81 bits per heavy atom. The number of hydrogen-bond donors (Lipinski definition) is 0. The lowest BCUT2D eigenvalue weighted by Crippen LogP contribution is -2.44. The van der Waals surface area contributed by atoms with Crippen LogP contribution in [0.15, 0.2) is 42.5 Å². The predicted octanol–water partition coefficient (Wildman–Crippen LogP) is 4.05. The number of halogens is 2. The van der Waals surface area contributed by atoms with Gasteiger partial charge in [-0.2, -0.15) is 0 Å². The van der Waals surface area contributed by atoms with E-state index in [1.165, 1.54) is 18.2 Å². The monoisotopic (exact) mass is 389 g/mol. The number of benzene rings is 2. The van der Waals surface area contributed by atoms with Gasteiger partial charge < -0.3 is 9.47 Å². The van der Waals surface area contributed by atoms with E-state index < -0.39 is 11.6 Å². The molecular formula is C21H21ClFNO3. The van der Waals surface area contributed by atoms with Crippen LogP contribution in [-0.2, 0) is 16.0 Å². The molecule has 4 nitrogen and oxygen atoms in total. The Hall–Kier alpha value is -1.79. The fourth-order valence-electron chi connectivity index (χ4n) is 3.80. The summed E-state index contributed by atoms with van der Waals surface area (Å²) in [6.45, 7) is 3.66. The van der Waals surface area contributed by atoms with E-state index in [0.29, 0.717) is 25.3 Å². The zero-order valence-electron chi connectivity index (χ0n) is 14.9. The van der Waals surface area contributed by atoms with Crippen molar-refractivity contribution in [1.29, 1.82) is 0 Å². The molecule has 27 heavy (non-hydrogen) atoms. The molecule has 2 heterocycles. The van der Waals surface area contributed by atoms with Crippen LogP contribution in [0, 0.1) is 5.82 Å². The van der Waals surface area contributed by atoms with Crippen LogP contribution in [0.1, 0.15) is 34.3 Å². The first kappa shape index (κ1) is 18.6. The maximum absolute atomic E-state index is 13.7. The van der Waals surface area contributed by atoms with Gasteiger partial charge in [-0.1, -0.05) is 35.9 Å². The van der Waals surface area contributed by atoms with E-state index in [1.54, 1.807) is 6.07 Å². The second-order valence-electron chi connectivity index (χ2n) is 7.03. The van der Waals surface area contributed by atoms with Crippen molar-refractivity contribution in [3.8, 4) is 0 Å². The maximum Gasteiger partial charge on any atom is 0.193 e. The van der Waals surface area contributed by atoms with Gasteiger partial charge in [0.1, 0.15) is 5.82 Å². The topological polar surface area (TPSA) is 38.8 Å². The number of hydrogen-bond acceptors (Lipinski definition) is 4. The molecule has 2 aromatic carbocycles. The summed E-state index contributed by atoms with van der Waals surface area (Å²) in [5.74, 6) is -1.14. The molecule has 6 heteroatoms. The third-order valence-corrected chi connectivity index (χ3v) is 5.43. The molecule has 0 aromatic heterocycles. The number of carbonyl (C=O) groups excluding carboxylic acids is 1. The summed E-state index contributed by atoms with van der Waals surface area (Å²) in [5, 5.41) is 0.216. The third-order valence-electron chi connectivity index (χ3n) is 5.21. The van der Waals surface area contributed by atoms with Crippen LogP contribution < -0.4 is 0 Å². The zero-order valence-corrected chi connectivity index (χ0v) is 15.7. The summed E-state index contributed by atoms with van der Waals surface area (Å²) < 4.78 is 25.2. The molecule has 0 saturated carbocycles. The largest absolute Gasteiger partial charge is 0.347 e. The molecular weight excluding hydrogens is 369 g/mol. The van der Waals surface area contributed by atoms with Crippen molar-refractivity contribution in [3.05, 3.63) is 70.0 Å². The van der Waals surface area contributed by atoms with E-state index in [0.717, 1.165) is 31.5 Å². The highest BCUT2D eigenvalue weighted by Crippen LogP contribution is 2.32. The summed E-state index contributed by atoms with van der Waals surface area (Å²) >= 11 is 5.91. The lowest BCUT2D eigenvalue weighted by molar-refractivity contribution is -0.185. The predicted molar refractivity (Wildman–Crippen MR) is 100 cm³/mol. The number of carbonyl (C=O) groups is 1. The fraction of sp³-hybridized carbons (Fsp3) is 0.381. The molecule has 4 rings (SSSR count). The first-order chi connectivity index (χ1) is 13.0. The molecule has 142 valence electrons. The number of likely N-dealkylation sites (tertiary alicyclic amines) is 1. The van der Waals surface area contributed by atoms with Crippen molar-refractivity contribution in [2.24, 2.45) is 0 Å². The zero-order chi connectivity index (χ0) is 18.9. The summed E-state index contributed by atoms with van der Waals surface area (Å²) in [6.07, 6.45) is 1.64. The normalized spacial score (nSPS) is 19.5. The van der Waals surface area contributed by atoms with Gasteiger partial charge in [0, 0.05) is 48.6 Å². The number of ketones is 1. The number of ether oxygens (including phenoxy) is 2. The van der Waals surface area contributed by atoms with E-state index in [2.05, 4.69) is 4.90 Å². The van der Waals surface area contributed by atoms with Gasteiger partial charge in [0.25, 0.3) is 0 Å². The Morgan fingerprint density at radius 3 is 2.52 bits per heavy atom. The Kier molecular flexibility index (Phi) is 5.28. The van der Waals surface area contributed by atoms with E-state index >= 15 is 0 Å². The van der Waals surface area contributed by atoms with Crippen LogP contribution in [0.5, 0.6) is 0 Å². The van der Waals surface area contributed by atoms with E-state index in [-0.39, 0.29) is 16.4 Å². The third kappa shape index (κ3) is 4.06. The van der Waals surface area contributed by atoms with Gasteiger partial charge in [0.2, 0.25) is 0 Å². The van der Waals surface area contributed by atoms with Gasteiger partial charge in [-0.3, -0.25) is 9.69 Å². The average Bonchev–Trinajstić information content (AvgIpc) is 3.11. The minimum atomic E-state index is -0.513. The van der Waals surface area contributed by atoms with Crippen LogP contribution in [0.25, 0.3) is 0 Å². The molecule has 2 aliphatic heterocycles. The molecule has 1 spiro atoms. The Morgan fingerprint density at radius 1 is 1.11 bits per heavy atom. The van der Waals surface area contributed by atoms with Crippen LogP contribution in [0.4, 0.5) is 4.39 Å². The van der Waals surface area contributed by atoms with Crippen molar-refractivity contribution >= 4 is 17.4 Å². The van der Waals surface area contributed by atoms with E-state index in [1.807, 2.05) is 18.2 Å². The number of piperidine rings is 1. The van der Waals surface area contributed by atoms with Crippen LogP contribution in [-0.4, -0.2) is 42.8 Å². The van der Waals surface area contributed by atoms with Crippen molar-refractivity contribution in [1.82, 2.24) is 4.90 Å². The fourth-order valence-corrected chi connectivity index (χ4v) is 4.02. The standard InChI is InChI=1S/C21H21ClFNO3/c22-17-11-16(12-18(23)13-17)20(25)19-4-2-1-3-15(19)14-24-7-5-21(6-8-24)26-9-10-27-21/h1-4,11-13H,5-10,14H2. The SMILES string of the molecule is O=C(c1cc(F)cc(Cl)c1)c1ccccc1CN1CCC2(CC1)OCCO2.